The van der Waals surface area contributed by atoms with E-state index in [-0.39, 0.29) is 11.3 Å². The van der Waals surface area contributed by atoms with Crippen molar-refractivity contribution in [3.63, 3.8) is 0 Å². The van der Waals surface area contributed by atoms with Crippen LogP contribution in [0.2, 0.25) is 0 Å². The molecule has 112 valence electrons. The van der Waals surface area contributed by atoms with Gasteiger partial charge in [-0.25, -0.2) is 9.37 Å². The zero-order chi connectivity index (χ0) is 15.9. The first-order chi connectivity index (χ1) is 10.4. The monoisotopic (exact) mass is 426 g/mol. The summed E-state index contributed by atoms with van der Waals surface area (Å²) in [4.78, 5) is 19.0. The summed E-state index contributed by atoms with van der Waals surface area (Å²) in [6, 6.07) is 7.49. The third-order valence-electron chi connectivity index (χ3n) is 3.17. The number of nitrogens with one attached hydrogen (secondary N) is 1. The van der Waals surface area contributed by atoms with Gasteiger partial charge >= 0.3 is 0 Å². The smallest absolute Gasteiger partial charge is 0.270 e. The highest BCUT2D eigenvalue weighted by molar-refractivity contribution is 9.11. The molecule has 22 heavy (non-hydrogen) atoms. The van der Waals surface area contributed by atoms with Gasteiger partial charge in [-0.1, -0.05) is 0 Å². The number of H-pyrrole nitrogens is 1. The summed E-state index contributed by atoms with van der Waals surface area (Å²) in [6.45, 7) is 0. The van der Waals surface area contributed by atoms with Crippen LogP contribution in [-0.4, -0.2) is 15.1 Å². The number of fused-ring (bicyclic) bond motifs is 1. The van der Waals surface area contributed by atoms with Gasteiger partial charge in [0.15, 0.2) is 0 Å². The molecule has 0 spiro atoms. The summed E-state index contributed by atoms with van der Waals surface area (Å²) >= 11 is 6.50. The summed E-state index contributed by atoms with van der Waals surface area (Å²) in [6.07, 6.45) is 0.292. The lowest BCUT2D eigenvalue weighted by atomic mass is 10.1. The zero-order valence-electron chi connectivity index (χ0n) is 11.0. The molecule has 3 aromatic rings. The highest BCUT2D eigenvalue weighted by atomic mass is 79.9. The standard InChI is InChI=1S/C15H9Br2FN2O2/c16-9-3-7(4-10(17)14(9)21)5-13-15(22)20-12-6-8(18)1-2-11(12)19-13/h1-4,6,21H,5H2,(H,20,22). The average Bonchev–Trinajstić information content (AvgIpc) is 2.45. The molecule has 0 aliphatic carbocycles. The molecule has 1 aromatic heterocycles. The van der Waals surface area contributed by atoms with Gasteiger partial charge in [-0.2, -0.15) is 0 Å². The first-order valence-electron chi connectivity index (χ1n) is 6.29. The minimum Gasteiger partial charge on any atom is -0.506 e. The van der Waals surface area contributed by atoms with Gasteiger partial charge in [0.1, 0.15) is 17.3 Å². The van der Waals surface area contributed by atoms with Crippen molar-refractivity contribution in [2.45, 2.75) is 6.42 Å². The second-order valence-corrected chi connectivity index (χ2v) is 6.47. The number of halogens is 3. The fourth-order valence-corrected chi connectivity index (χ4v) is 3.41. The molecule has 0 radical (unpaired) electrons. The van der Waals surface area contributed by atoms with Gasteiger partial charge in [-0.15, -0.1) is 0 Å². The number of phenols is 1. The molecule has 0 saturated carbocycles. The number of rotatable bonds is 2. The largest absolute Gasteiger partial charge is 0.506 e. The van der Waals surface area contributed by atoms with Crippen molar-refractivity contribution in [1.29, 1.82) is 0 Å². The van der Waals surface area contributed by atoms with Crippen LogP contribution in [0.15, 0.2) is 44.1 Å². The molecule has 0 aliphatic heterocycles. The second kappa shape index (κ2) is 5.81. The van der Waals surface area contributed by atoms with E-state index in [1.54, 1.807) is 12.1 Å². The molecule has 4 nitrogen and oxygen atoms in total. The Balaban J connectivity index is 2.06. The Hall–Kier alpha value is -1.73. The summed E-state index contributed by atoms with van der Waals surface area (Å²) in [5, 5.41) is 9.71. The van der Waals surface area contributed by atoms with Crippen molar-refractivity contribution < 1.29 is 9.50 Å². The minimum atomic E-state index is -0.427. The average molecular weight is 428 g/mol. The van der Waals surface area contributed by atoms with Crippen molar-refractivity contribution in [1.82, 2.24) is 9.97 Å². The minimum absolute atomic E-state index is 0.0969. The van der Waals surface area contributed by atoms with Gasteiger partial charge in [0, 0.05) is 6.42 Å². The van der Waals surface area contributed by atoms with Crippen molar-refractivity contribution in [3.05, 3.63) is 66.7 Å². The molecule has 0 saturated heterocycles. The maximum Gasteiger partial charge on any atom is 0.270 e. The maximum absolute atomic E-state index is 13.2. The van der Waals surface area contributed by atoms with Gasteiger partial charge in [-0.3, -0.25) is 4.79 Å². The topological polar surface area (TPSA) is 66.0 Å². The molecule has 0 amide bonds. The fourth-order valence-electron chi connectivity index (χ4n) is 2.13. The Morgan fingerprint density at radius 1 is 1.18 bits per heavy atom. The van der Waals surface area contributed by atoms with Crippen molar-refractivity contribution in [2.75, 3.05) is 0 Å². The molecule has 2 aromatic carbocycles. The Morgan fingerprint density at radius 2 is 1.86 bits per heavy atom. The van der Waals surface area contributed by atoms with Crippen LogP contribution in [0.5, 0.6) is 5.75 Å². The Labute approximate surface area is 141 Å². The molecular formula is C15H9Br2FN2O2. The number of benzene rings is 2. The summed E-state index contributed by atoms with van der Waals surface area (Å²) in [5.74, 6) is -0.330. The number of aromatic hydroxyl groups is 1. The van der Waals surface area contributed by atoms with Crippen LogP contribution in [0.25, 0.3) is 11.0 Å². The number of hydrogen-bond donors (Lipinski definition) is 2. The van der Waals surface area contributed by atoms with Crippen LogP contribution in [0, 0.1) is 5.82 Å². The predicted octanol–water partition coefficient (Wildman–Crippen LogP) is 3.88. The van der Waals surface area contributed by atoms with Crippen molar-refractivity contribution in [3.8, 4) is 5.75 Å². The quantitative estimate of drug-likeness (QED) is 0.652. The molecule has 1 heterocycles. The zero-order valence-corrected chi connectivity index (χ0v) is 14.2. The van der Waals surface area contributed by atoms with E-state index in [0.717, 1.165) is 5.56 Å². The van der Waals surface area contributed by atoms with Crippen LogP contribution in [0.3, 0.4) is 0 Å². The van der Waals surface area contributed by atoms with Crippen LogP contribution in [0.1, 0.15) is 11.3 Å². The van der Waals surface area contributed by atoms with Gasteiger partial charge < -0.3 is 10.1 Å². The van der Waals surface area contributed by atoms with Crippen LogP contribution >= 0.6 is 31.9 Å². The van der Waals surface area contributed by atoms with E-state index in [1.807, 2.05) is 0 Å². The van der Waals surface area contributed by atoms with Gasteiger partial charge in [0.25, 0.3) is 5.56 Å². The molecule has 0 unspecified atom stereocenters. The number of aromatic amines is 1. The van der Waals surface area contributed by atoms with Gasteiger partial charge in [0.05, 0.1) is 20.0 Å². The Bertz CT molecular complexity index is 917. The number of nitrogens with zero attached hydrogens (tertiary/aromatic N) is 1. The Kier molecular flexibility index (Phi) is 4.01. The molecule has 3 rings (SSSR count). The lowest BCUT2D eigenvalue weighted by Crippen LogP contribution is -2.15. The third-order valence-corrected chi connectivity index (χ3v) is 4.38. The van der Waals surface area contributed by atoms with E-state index in [4.69, 9.17) is 0 Å². The van der Waals surface area contributed by atoms with Crippen LogP contribution < -0.4 is 5.56 Å². The van der Waals surface area contributed by atoms with E-state index >= 15 is 0 Å². The number of hydrogen-bond acceptors (Lipinski definition) is 3. The lowest BCUT2D eigenvalue weighted by molar-refractivity contribution is 0.468. The lowest BCUT2D eigenvalue weighted by Gasteiger charge is -2.06. The molecule has 0 atom stereocenters. The summed E-state index contributed by atoms with van der Waals surface area (Å²) in [7, 11) is 0. The second-order valence-electron chi connectivity index (χ2n) is 4.76. The van der Waals surface area contributed by atoms with Crippen LogP contribution in [-0.2, 0) is 6.42 Å². The Morgan fingerprint density at radius 3 is 2.55 bits per heavy atom. The molecule has 0 bridgehead atoms. The van der Waals surface area contributed by atoms with E-state index in [9.17, 15) is 14.3 Å². The van der Waals surface area contributed by atoms with E-state index < -0.39 is 5.82 Å². The third kappa shape index (κ3) is 2.91. The van der Waals surface area contributed by atoms with E-state index in [0.29, 0.717) is 32.1 Å². The summed E-state index contributed by atoms with van der Waals surface area (Å²) in [5.41, 5.74) is 1.65. The normalized spacial score (nSPS) is 11.0. The van der Waals surface area contributed by atoms with Crippen LogP contribution in [0.4, 0.5) is 4.39 Å². The highest BCUT2D eigenvalue weighted by Gasteiger charge is 2.10. The molecule has 2 N–H and O–H groups in total. The molecule has 0 aliphatic rings. The van der Waals surface area contributed by atoms with Gasteiger partial charge in [-0.05, 0) is 67.8 Å². The van der Waals surface area contributed by atoms with E-state index in [1.165, 1.54) is 18.2 Å². The van der Waals surface area contributed by atoms with Crippen molar-refractivity contribution in [2.24, 2.45) is 0 Å². The van der Waals surface area contributed by atoms with Gasteiger partial charge in [0.2, 0.25) is 0 Å². The highest BCUT2D eigenvalue weighted by Crippen LogP contribution is 2.33. The number of aromatic nitrogens is 2. The molecule has 7 heteroatoms. The molecular weight excluding hydrogens is 419 g/mol. The summed E-state index contributed by atoms with van der Waals surface area (Å²) < 4.78 is 14.2. The van der Waals surface area contributed by atoms with Crippen molar-refractivity contribution >= 4 is 42.9 Å². The van der Waals surface area contributed by atoms with E-state index in [2.05, 4.69) is 41.8 Å². The number of phenolic OH excluding ortho intramolecular Hbond substituents is 1. The SMILES string of the molecule is O=c1[nH]c2cc(F)ccc2nc1Cc1cc(Br)c(O)c(Br)c1. The predicted molar refractivity (Wildman–Crippen MR) is 88.6 cm³/mol. The molecule has 0 fully saturated rings. The first kappa shape index (κ1) is 15.2. The maximum atomic E-state index is 13.2. The fraction of sp³-hybridized carbons (Fsp3) is 0.0667. The first-order valence-corrected chi connectivity index (χ1v) is 7.88.